The highest BCUT2D eigenvalue weighted by Crippen LogP contribution is 2.20. The van der Waals surface area contributed by atoms with Crippen LogP contribution >= 0.6 is 12.2 Å². The lowest BCUT2D eigenvalue weighted by Gasteiger charge is -2.31. The maximum atomic E-state index is 11.9. The number of methoxy groups -OCH3 is 1. The van der Waals surface area contributed by atoms with E-state index in [0.717, 1.165) is 18.5 Å². The van der Waals surface area contributed by atoms with E-state index in [4.69, 9.17) is 17.0 Å². The molecule has 0 aliphatic carbocycles. The molecule has 26 heavy (non-hydrogen) atoms. The summed E-state index contributed by atoms with van der Waals surface area (Å²) in [6, 6.07) is 8.26. The van der Waals surface area contributed by atoms with Gasteiger partial charge in [0.2, 0.25) is 0 Å². The molecule has 1 heterocycles. The van der Waals surface area contributed by atoms with Crippen LogP contribution in [0.15, 0.2) is 24.3 Å². The van der Waals surface area contributed by atoms with Crippen LogP contribution in [0.4, 0.5) is 5.69 Å². The van der Waals surface area contributed by atoms with Gasteiger partial charge in [-0.2, -0.15) is 0 Å². The molecule has 2 rings (SSSR count). The molecule has 1 aliphatic rings. The summed E-state index contributed by atoms with van der Waals surface area (Å²) in [4.78, 5) is 2.02. The summed E-state index contributed by atoms with van der Waals surface area (Å²) in [6.07, 6.45) is 4.90. The standard InChI is InChI=1S/C19H30N2O3S2/c1-3-4-6-16-7-9-17(10-8-16)20-19(25)21(12-5-13-24-2)18-11-14-26(22,23)15-18/h7-10,18H,3-6,11-15H2,1-2H3,(H,20,25)/t18-/m0/s1. The van der Waals surface area contributed by atoms with E-state index in [1.807, 2.05) is 17.0 Å². The monoisotopic (exact) mass is 398 g/mol. The molecular weight excluding hydrogens is 368 g/mol. The van der Waals surface area contributed by atoms with Crippen molar-refractivity contribution in [3.05, 3.63) is 29.8 Å². The molecule has 1 fully saturated rings. The number of unbranched alkanes of at least 4 members (excludes halogenated alkanes) is 1. The molecule has 1 aromatic rings. The van der Waals surface area contributed by atoms with Crippen molar-refractivity contribution >= 4 is 32.9 Å². The zero-order valence-corrected chi connectivity index (χ0v) is 17.4. The van der Waals surface area contributed by atoms with Crippen molar-refractivity contribution in [1.29, 1.82) is 0 Å². The molecule has 0 amide bonds. The Morgan fingerprint density at radius 2 is 2.04 bits per heavy atom. The van der Waals surface area contributed by atoms with Crippen molar-refractivity contribution < 1.29 is 13.2 Å². The number of hydrogen-bond acceptors (Lipinski definition) is 4. The van der Waals surface area contributed by atoms with Gasteiger partial charge in [0.15, 0.2) is 14.9 Å². The minimum atomic E-state index is -2.95. The second-order valence-corrected chi connectivity index (χ2v) is 9.44. The average Bonchev–Trinajstić information content (AvgIpc) is 2.97. The summed E-state index contributed by atoms with van der Waals surface area (Å²) in [5.41, 5.74) is 2.26. The van der Waals surface area contributed by atoms with E-state index in [0.29, 0.717) is 24.7 Å². The van der Waals surface area contributed by atoms with Gasteiger partial charge in [-0.05, 0) is 55.6 Å². The summed E-state index contributed by atoms with van der Waals surface area (Å²) in [6.45, 7) is 3.51. The van der Waals surface area contributed by atoms with Crippen molar-refractivity contribution in [3.8, 4) is 0 Å². The Kier molecular flexibility index (Phi) is 8.31. The van der Waals surface area contributed by atoms with E-state index < -0.39 is 9.84 Å². The van der Waals surface area contributed by atoms with Gasteiger partial charge in [-0.3, -0.25) is 0 Å². The first-order valence-corrected chi connectivity index (χ1v) is 11.5. The lowest BCUT2D eigenvalue weighted by Crippen LogP contribution is -2.44. The van der Waals surface area contributed by atoms with Gasteiger partial charge in [-0.1, -0.05) is 25.5 Å². The van der Waals surface area contributed by atoms with Gasteiger partial charge in [0.25, 0.3) is 0 Å². The second-order valence-electron chi connectivity index (χ2n) is 6.83. The third kappa shape index (κ3) is 6.52. The fourth-order valence-electron chi connectivity index (χ4n) is 3.18. The molecule has 0 bridgehead atoms. The first-order chi connectivity index (χ1) is 12.4. The van der Waals surface area contributed by atoms with E-state index in [2.05, 4.69) is 24.4 Å². The lowest BCUT2D eigenvalue weighted by atomic mass is 10.1. The van der Waals surface area contributed by atoms with E-state index in [1.54, 1.807) is 7.11 Å². The molecule has 0 spiro atoms. The minimum absolute atomic E-state index is 0.0549. The topological polar surface area (TPSA) is 58.6 Å². The zero-order chi connectivity index (χ0) is 19.0. The van der Waals surface area contributed by atoms with Crippen LogP contribution in [0.25, 0.3) is 0 Å². The van der Waals surface area contributed by atoms with Crippen LogP contribution < -0.4 is 5.32 Å². The van der Waals surface area contributed by atoms with Gasteiger partial charge in [-0.15, -0.1) is 0 Å². The number of ether oxygens (including phenoxy) is 1. The van der Waals surface area contributed by atoms with Crippen LogP contribution in [-0.4, -0.2) is 56.2 Å². The van der Waals surface area contributed by atoms with E-state index >= 15 is 0 Å². The normalized spacial score (nSPS) is 18.6. The Balaban J connectivity index is 2.00. The van der Waals surface area contributed by atoms with Crippen molar-refractivity contribution in [2.75, 3.05) is 37.1 Å². The van der Waals surface area contributed by atoms with Gasteiger partial charge in [-0.25, -0.2) is 8.42 Å². The first kappa shape index (κ1) is 21.1. The molecule has 146 valence electrons. The Morgan fingerprint density at radius 3 is 2.62 bits per heavy atom. The predicted molar refractivity (Wildman–Crippen MR) is 112 cm³/mol. The van der Waals surface area contributed by atoms with Crippen LogP contribution in [0.3, 0.4) is 0 Å². The number of hydrogen-bond donors (Lipinski definition) is 1. The van der Waals surface area contributed by atoms with Gasteiger partial charge >= 0.3 is 0 Å². The van der Waals surface area contributed by atoms with Gasteiger partial charge in [0.05, 0.1) is 11.5 Å². The van der Waals surface area contributed by atoms with Gasteiger partial charge in [0, 0.05) is 32.0 Å². The van der Waals surface area contributed by atoms with E-state index in [9.17, 15) is 8.42 Å². The summed E-state index contributed by atoms with van der Waals surface area (Å²) in [5, 5.41) is 3.87. The van der Waals surface area contributed by atoms with Crippen LogP contribution in [-0.2, 0) is 21.0 Å². The van der Waals surface area contributed by atoms with Crippen molar-refractivity contribution in [1.82, 2.24) is 4.90 Å². The van der Waals surface area contributed by atoms with Crippen molar-refractivity contribution in [2.45, 2.75) is 45.1 Å². The van der Waals surface area contributed by atoms with Crippen LogP contribution in [0, 0.1) is 0 Å². The quantitative estimate of drug-likeness (QED) is 0.509. The molecule has 7 heteroatoms. The average molecular weight is 399 g/mol. The SMILES string of the molecule is CCCCc1ccc(NC(=S)N(CCCOC)[C@H]2CCS(=O)(=O)C2)cc1. The van der Waals surface area contributed by atoms with Crippen molar-refractivity contribution in [3.63, 3.8) is 0 Å². The number of thiocarbonyl (C=S) groups is 1. The Morgan fingerprint density at radius 1 is 1.31 bits per heavy atom. The number of benzene rings is 1. The summed E-state index contributed by atoms with van der Waals surface area (Å²) in [7, 11) is -1.28. The molecule has 1 atom stereocenters. The predicted octanol–water partition coefficient (Wildman–Crippen LogP) is 3.25. The second kappa shape index (κ2) is 10.2. The molecule has 1 aliphatic heterocycles. The molecule has 0 saturated carbocycles. The smallest absolute Gasteiger partial charge is 0.173 e. The van der Waals surface area contributed by atoms with Gasteiger partial charge < -0.3 is 15.0 Å². The number of rotatable bonds is 9. The molecule has 5 nitrogen and oxygen atoms in total. The maximum absolute atomic E-state index is 11.9. The molecule has 1 N–H and O–H groups in total. The Hall–Kier alpha value is -1.18. The van der Waals surface area contributed by atoms with Gasteiger partial charge in [0.1, 0.15) is 0 Å². The number of anilines is 1. The third-order valence-electron chi connectivity index (χ3n) is 4.68. The van der Waals surface area contributed by atoms with Crippen molar-refractivity contribution in [2.24, 2.45) is 0 Å². The fourth-order valence-corrected chi connectivity index (χ4v) is 5.27. The highest BCUT2D eigenvalue weighted by atomic mass is 32.2. The van der Waals surface area contributed by atoms with E-state index in [-0.39, 0.29) is 17.5 Å². The number of nitrogens with one attached hydrogen (secondary N) is 1. The third-order valence-corrected chi connectivity index (χ3v) is 6.77. The minimum Gasteiger partial charge on any atom is -0.385 e. The highest BCUT2D eigenvalue weighted by molar-refractivity contribution is 7.91. The summed E-state index contributed by atoms with van der Waals surface area (Å²) < 4.78 is 28.9. The van der Waals surface area contributed by atoms with Crippen LogP contribution in [0.2, 0.25) is 0 Å². The largest absolute Gasteiger partial charge is 0.385 e. The summed E-state index contributed by atoms with van der Waals surface area (Å²) in [5.74, 6) is 0.422. The molecule has 0 radical (unpaired) electrons. The summed E-state index contributed by atoms with van der Waals surface area (Å²) >= 11 is 5.60. The fraction of sp³-hybridized carbons (Fsp3) is 0.632. The molecular formula is C19H30N2O3S2. The molecule has 0 aromatic heterocycles. The lowest BCUT2D eigenvalue weighted by molar-refractivity contribution is 0.181. The molecule has 0 unspecified atom stereocenters. The molecule has 1 aromatic carbocycles. The van der Waals surface area contributed by atoms with Crippen LogP contribution in [0.1, 0.15) is 38.2 Å². The Bertz CT molecular complexity index is 675. The number of aryl methyl sites for hydroxylation is 1. The zero-order valence-electron chi connectivity index (χ0n) is 15.7. The molecule has 1 saturated heterocycles. The van der Waals surface area contributed by atoms with E-state index in [1.165, 1.54) is 18.4 Å². The maximum Gasteiger partial charge on any atom is 0.173 e. The number of sulfone groups is 1. The number of nitrogens with zero attached hydrogens (tertiary/aromatic N) is 1. The first-order valence-electron chi connectivity index (χ1n) is 9.31. The highest BCUT2D eigenvalue weighted by Gasteiger charge is 2.33. The van der Waals surface area contributed by atoms with Crippen LogP contribution in [0.5, 0.6) is 0 Å². The Labute approximate surface area is 163 Å².